The Kier molecular flexibility index (Phi) is 4.66. The van der Waals surface area contributed by atoms with Crippen molar-refractivity contribution in [3.8, 4) is 11.1 Å². The van der Waals surface area contributed by atoms with Crippen molar-refractivity contribution in [1.29, 1.82) is 0 Å². The van der Waals surface area contributed by atoms with Crippen molar-refractivity contribution < 1.29 is 9.53 Å². The number of benzene rings is 1. The van der Waals surface area contributed by atoms with Gasteiger partial charge in [0.1, 0.15) is 0 Å². The highest BCUT2D eigenvalue weighted by molar-refractivity contribution is 6.11. The summed E-state index contributed by atoms with van der Waals surface area (Å²) >= 11 is 0. The largest absolute Gasteiger partial charge is 0.372 e. The van der Waals surface area contributed by atoms with E-state index in [0.717, 1.165) is 41.7 Å². The number of hydrogen-bond donors (Lipinski definition) is 2. The average Bonchev–Trinajstić information content (AvgIpc) is 3.23. The Labute approximate surface area is 184 Å². The molecule has 2 bridgehead atoms. The van der Waals surface area contributed by atoms with Gasteiger partial charge in [-0.25, -0.2) is 0 Å². The zero-order chi connectivity index (χ0) is 21.5. The molecule has 3 aliphatic heterocycles. The molecule has 7 rings (SSSR count). The minimum absolute atomic E-state index is 0.279. The maximum atomic E-state index is 12.8. The second kappa shape index (κ2) is 7.81. The van der Waals surface area contributed by atoms with E-state index in [2.05, 4.69) is 36.4 Å². The normalized spacial score (nSPS) is 20.1. The first-order chi connectivity index (χ1) is 15.7. The van der Waals surface area contributed by atoms with Gasteiger partial charge in [0.05, 0.1) is 29.6 Å². The fraction of sp³-hybridized carbons (Fsp3) is 0.250. The van der Waals surface area contributed by atoms with E-state index in [9.17, 15) is 4.79 Å². The molecule has 3 aromatic heterocycles. The number of fused-ring (bicyclic) bond motifs is 3. The lowest BCUT2D eigenvalue weighted by Crippen LogP contribution is -2.56. The number of carbonyl (C=O) groups is 1. The van der Waals surface area contributed by atoms with Crippen molar-refractivity contribution in [2.75, 3.05) is 18.4 Å². The summed E-state index contributed by atoms with van der Waals surface area (Å²) < 4.78 is 5.73. The van der Waals surface area contributed by atoms with Crippen LogP contribution in [0.2, 0.25) is 0 Å². The van der Waals surface area contributed by atoms with Crippen molar-refractivity contribution in [3.05, 3.63) is 72.4 Å². The molecule has 2 unspecified atom stereocenters. The van der Waals surface area contributed by atoms with Crippen LogP contribution in [-0.2, 0) is 11.3 Å². The third kappa shape index (κ3) is 3.63. The number of H-pyrrole nitrogens is 1. The molecule has 0 spiro atoms. The number of nitrogens with one attached hydrogen (secondary N) is 2. The van der Waals surface area contributed by atoms with Crippen LogP contribution in [0.5, 0.6) is 0 Å². The van der Waals surface area contributed by atoms with E-state index in [-0.39, 0.29) is 5.91 Å². The summed E-state index contributed by atoms with van der Waals surface area (Å²) in [7, 11) is 0. The number of ether oxygens (including phenoxy) is 1. The van der Waals surface area contributed by atoms with E-state index in [4.69, 9.17) is 4.74 Å². The van der Waals surface area contributed by atoms with Crippen molar-refractivity contribution >= 4 is 22.5 Å². The lowest BCUT2D eigenvalue weighted by atomic mass is 9.98. The number of carbonyl (C=O) groups excluding carboxylic acids is 1. The maximum Gasteiger partial charge on any atom is 0.276 e. The maximum absolute atomic E-state index is 12.8. The molecule has 1 amide bonds. The van der Waals surface area contributed by atoms with Gasteiger partial charge in [-0.15, -0.1) is 0 Å². The van der Waals surface area contributed by atoms with Crippen LogP contribution in [0.3, 0.4) is 0 Å². The average molecular weight is 426 g/mol. The van der Waals surface area contributed by atoms with Crippen LogP contribution in [-0.4, -0.2) is 56.3 Å². The van der Waals surface area contributed by atoms with E-state index in [0.29, 0.717) is 23.6 Å². The Morgan fingerprint density at radius 3 is 2.78 bits per heavy atom. The molecule has 1 aromatic carbocycles. The smallest absolute Gasteiger partial charge is 0.276 e. The van der Waals surface area contributed by atoms with Crippen LogP contribution in [0.1, 0.15) is 22.5 Å². The first-order valence-electron chi connectivity index (χ1n) is 10.7. The molecule has 160 valence electrons. The van der Waals surface area contributed by atoms with Gasteiger partial charge < -0.3 is 10.1 Å². The lowest BCUT2D eigenvalue weighted by molar-refractivity contribution is -0.182. The molecule has 3 aliphatic rings. The Balaban J connectivity index is 1.26. The van der Waals surface area contributed by atoms with Crippen molar-refractivity contribution in [2.24, 2.45) is 0 Å². The lowest BCUT2D eigenvalue weighted by Gasteiger charge is -2.47. The summed E-state index contributed by atoms with van der Waals surface area (Å²) in [4.78, 5) is 23.7. The third-order valence-corrected chi connectivity index (χ3v) is 6.07. The molecule has 32 heavy (non-hydrogen) atoms. The van der Waals surface area contributed by atoms with Crippen molar-refractivity contribution in [3.63, 3.8) is 0 Å². The first kappa shape index (κ1) is 19.1. The van der Waals surface area contributed by atoms with Crippen LogP contribution < -0.4 is 5.32 Å². The second-order valence-corrected chi connectivity index (χ2v) is 8.42. The second-order valence-electron chi connectivity index (χ2n) is 8.42. The van der Waals surface area contributed by atoms with Gasteiger partial charge in [0.2, 0.25) is 0 Å². The van der Waals surface area contributed by atoms with Crippen molar-refractivity contribution in [2.45, 2.75) is 25.2 Å². The Bertz CT molecular complexity index is 1270. The number of aromatic nitrogens is 4. The SMILES string of the molecule is O=C(Nc1cccnc1)c1n[nH]c2ccc(-c3cncc(CN4CC5CC(C4)O5)c3)cc12. The number of anilines is 1. The number of rotatable bonds is 5. The third-order valence-electron chi connectivity index (χ3n) is 6.07. The minimum atomic E-state index is -0.279. The monoisotopic (exact) mass is 426 g/mol. The highest BCUT2D eigenvalue weighted by Crippen LogP contribution is 2.30. The highest BCUT2D eigenvalue weighted by atomic mass is 16.5. The highest BCUT2D eigenvalue weighted by Gasteiger charge is 2.38. The van der Waals surface area contributed by atoms with Gasteiger partial charge in [0.15, 0.2) is 5.69 Å². The van der Waals surface area contributed by atoms with Crippen LogP contribution in [0.25, 0.3) is 22.0 Å². The Morgan fingerprint density at radius 1 is 1.09 bits per heavy atom. The summed E-state index contributed by atoms with van der Waals surface area (Å²) in [5, 5.41) is 10.8. The quantitative estimate of drug-likeness (QED) is 0.509. The summed E-state index contributed by atoms with van der Waals surface area (Å²) in [6.07, 6.45) is 9.03. The van der Waals surface area contributed by atoms with Gasteiger partial charge in [-0.05, 0) is 41.5 Å². The van der Waals surface area contributed by atoms with Gasteiger partial charge in [-0.3, -0.25) is 24.8 Å². The zero-order valence-electron chi connectivity index (χ0n) is 17.4. The van der Waals surface area contributed by atoms with Crippen LogP contribution in [0.15, 0.2) is 61.2 Å². The van der Waals surface area contributed by atoms with Gasteiger partial charge in [-0.1, -0.05) is 6.07 Å². The summed E-state index contributed by atoms with van der Waals surface area (Å²) in [6, 6.07) is 11.7. The predicted molar refractivity (Wildman–Crippen MR) is 120 cm³/mol. The molecule has 3 fully saturated rings. The number of hydrogen-bond acceptors (Lipinski definition) is 6. The molecule has 0 radical (unpaired) electrons. The number of nitrogens with zero attached hydrogens (tertiary/aromatic N) is 4. The van der Waals surface area contributed by atoms with E-state index in [1.807, 2.05) is 30.6 Å². The van der Waals surface area contributed by atoms with E-state index >= 15 is 0 Å². The fourth-order valence-electron chi connectivity index (χ4n) is 4.55. The molecular formula is C24H22N6O2. The van der Waals surface area contributed by atoms with E-state index in [1.165, 1.54) is 12.0 Å². The fourth-order valence-corrected chi connectivity index (χ4v) is 4.55. The molecule has 8 nitrogen and oxygen atoms in total. The van der Waals surface area contributed by atoms with Gasteiger partial charge >= 0.3 is 0 Å². The molecular weight excluding hydrogens is 404 g/mol. The molecule has 3 saturated heterocycles. The number of morpholine rings is 1. The predicted octanol–water partition coefficient (Wildman–Crippen LogP) is 3.25. The molecule has 8 heteroatoms. The Hall–Kier alpha value is -3.62. The Morgan fingerprint density at radius 2 is 1.97 bits per heavy atom. The minimum Gasteiger partial charge on any atom is -0.372 e. The van der Waals surface area contributed by atoms with E-state index in [1.54, 1.807) is 24.5 Å². The molecule has 4 aromatic rings. The van der Waals surface area contributed by atoms with E-state index < -0.39 is 0 Å². The molecule has 0 saturated carbocycles. The zero-order valence-corrected chi connectivity index (χ0v) is 17.4. The number of aromatic amines is 1. The topological polar surface area (TPSA) is 96.0 Å². The summed E-state index contributed by atoms with van der Waals surface area (Å²) in [5.41, 5.74) is 4.97. The van der Waals surface area contributed by atoms with Crippen LogP contribution in [0, 0.1) is 0 Å². The number of piperidine rings is 1. The van der Waals surface area contributed by atoms with Gasteiger partial charge in [-0.2, -0.15) is 5.10 Å². The van der Waals surface area contributed by atoms with Crippen LogP contribution >= 0.6 is 0 Å². The number of amides is 1. The molecule has 0 aliphatic carbocycles. The van der Waals surface area contributed by atoms with Gasteiger partial charge in [0, 0.05) is 55.6 Å². The van der Waals surface area contributed by atoms with Crippen molar-refractivity contribution in [1.82, 2.24) is 25.1 Å². The molecule has 2 N–H and O–H groups in total. The van der Waals surface area contributed by atoms with Gasteiger partial charge in [0.25, 0.3) is 5.91 Å². The summed E-state index contributed by atoms with van der Waals surface area (Å²) in [5.74, 6) is -0.279. The first-order valence-corrected chi connectivity index (χ1v) is 10.7. The molecule has 6 heterocycles. The standard InChI is InChI=1S/C24H22N6O2/c31-24(27-18-2-1-5-25-11-18)23-21-7-16(3-4-22(21)28-29-23)17-6-15(9-26-10-17)12-30-13-19-8-20(14-30)32-19/h1-7,9-11,19-20H,8,12-14H2,(H,27,31)(H,28,29). The summed E-state index contributed by atoms with van der Waals surface area (Å²) in [6.45, 7) is 2.83. The number of pyridine rings is 2. The van der Waals surface area contributed by atoms with Crippen LogP contribution in [0.4, 0.5) is 5.69 Å². The molecule has 2 atom stereocenters.